The highest BCUT2D eigenvalue weighted by atomic mass is 35.5. The van der Waals surface area contributed by atoms with Gasteiger partial charge in [0, 0.05) is 19.3 Å². The van der Waals surface area contributed by atoms with E-state index in [-0.39, 0.29) is 10.8 Å². The lowest BCUT2D eigenvalue weighted by atomic mass is 10.2. The van der Waals surface area contributed by atoms with Gasteiger partial charge >= 0.3 is 0 Å². The zero-order valence-corrected chi connectivity index (χ0v) is 9.12. The third-order valence-corrected chi connectivity index (χ3v) is 2.35. The van der Waals surface area contributed by atoms with Gasteiger partial charge in [-0.05, 0) is 18.2 Å². The average molecular weight is 244 g/mol. The van der Waals surface area contributed by atoms with E-state index in [0.29, 0.717) is 5.69 Å². The maximum Gasteiger partial charge on any atom is 0.287 e. The van der Waals surface area contributed by atoms with Crippen LogP contribution in [0, 0.1) is 0 Å². The topological polar surface area (TPSA) is 30.7 Å². The Kier molecular flexibility index (Phi) is 2.63. The van der Waals surface area contributed by atoms with Gasteiger partial charge in [0.1, 0.15) is 11.4 Å². The maximum absolute atomic E-state index is 13.2. The van der Waals surface area contributed by atoms with Crippen molar-refractivity contribution in [2.45, 2.75) is 12.8 Å². The van der Waals surface area contributed by atoms with Crippen LogP contribution in [-0.2, 0) is 5.92 Å². The second kappa shape index (κ2) is 3.83. The number of hydrogen-bond acceptors (Lipinski definition) is 2. The minimum Gasteiger partial charge on any atom is -0.242 e. The largest absolute Gasteiger partial charge is 0.287 e. The first kappa shape index (κ1) is 11.0. The maximum atomic E-state index is 13.2. The quantitative estimate of drug-likeness (QED) is 0.759. The van der Waals surface area contributed by atoms with Crippen molar-refractivity contribution in [2.24, 2.45) is 0 Å². The molecule has 0 aliphatic carbocycles. The van der Waals surface area contributed by atoms with E-state index in [1.165, 1.54) is 18.5 Å². The van der Waals surface area contributed by atoms with Gasteiger partial charge in [0.2, 0.25) is 0 Å². The van der Waals surface area contributed by atoms with Gasteiger partial charge in [-0.2, -0.15) is 13.9 Å². The van der Waals surface area contributed by atoms with Crippen LogP contribution >= 0.6 is 11.6 Å². The fourth-order valence-corrected chi connectivity index (χ4v) is 1.56. The molecule has 2 heterocycles. The van der Waals surface area contributed by atoms with Crippen LogP contribution in [0.5, 0.6) is 0 Å². The van der Waals surface area contributed by atoms with Gasteiger partial charge in [0.15, 0.2) is 5.15 Å². The summed E-state index contributed by atoms with van der Waals surface area (Å²) in [5.74, 6) is -2.98. The Bertz CT molecular complexity index is 505. The number of pyridine rings is 1. The third kappa shape index (κ3) is 1.90. The highest BCUT2D eigenvalue weighted by Gasteiger charge is 2.29. The van der Waals surface area contributed by atoms with Crippen molar-refractivity contribution in [3.8, 4) is 5.69 Å². The summed E-state index contributed by atoms with van der Waals surface area (Å²) in [4.78, 5) is 3.82. The van der Waals surface area contributed by atoms with Crippen LogP contribution in [0.3, 0.4) is 0 Å². The normalized spacial score (nSPS) is 11.8. The number of rotatable bonds is 2. The Labute approximate surface area is 95.7 Å². The molecule has 0 fully saturated rings. The molecule has 2 aromatic heterocycles. The van der Waals surface area contributed by atoms with Gasteiger partial charge < -0.3 is 0 Å². The van der Waals surface area contributed by atoms with Crippen LogP contribution in [-0.4, -0.2) is 14.8 Å². The first-order valence-electron chi connectivity index (χ1n) is 4.53. The van der Waals surface area contributed by atoms with E-state index in [1.54, 1.807) is 12.1 Å². The zero-order chi connectivity index (χ0) is 11.8. The monoisotopic (exact) mass is 243 g/mol. The number of hydrogen-bond donors (Lipinski definition) is 0. The minimum atomic E-state index is -2.98. The molecule has 0 N–H and O–H groups in total. The summed E-state index contributed by atoms with van der Waals surface area (Å²) in [5.41, 5.74) is 0.119. The van der Waals surface area contributed by atoms with Crippen molar-refractivity contribution in [2.75, 3.05) is 0 Å². The molecule has 0 radical (unpaired) electrons. The molecule has 0 amide bonds. The molecular weight excluding hydrogens is 236 g/mol. The summed E-state index contributed by atoms with van der Waals surface area (Å²) in [5, 5.41) is 3.96. The van der Waals surface area contributed by atoms with Gasteiger partial charge in [-0.3, -0.25) is 0 Å². The molecule has 84 valence electrons. The summed E-state index contributed by atoms with van der Waals surface area (Å²) >= 11 is 5.82. The Balaban J connectivity index is 2.58. The Morgan fingerprint density at radius 2 is 2.06 bits per heavy atom. The molecule has 0 saturated heterocycles. The van der Waals surface area contributed by atoms with Crippen molar-refractivity contribution >= 4 is 11.6 Å². The molecular formula is C10H8ClF2N3. The van der Waals surface area contributed by atoms with Crippen LogP contribution in [0.1, 0.15) is 12.6 Å². The molecule has 3 nitrogen and oxygen atoms in total. The number of alkyl halides is 2. The summed E-state index contributed by atoms with van der Waals surface area (Å²) in [6.07, 6.45) is 2.79. The van der Waals surface area contributed by atoms with Crippen LogP contribution in [0.25, 0.3) is 5.69 Å². The lowest BCUT2D eigenvalue weighted by Crippen LogP contribution is -2.14. The van der Waals surface area contributed by atoms with Crippen LogP contribution < -0.4 is 0 Å². The molecule has 6 heteroatoms. The average Bonchev–Trinajstić information content (AvgIpc) is 2.66. The smallest absolute Gasteiger partial charge is 0.242 e. The van der Waals surface area contributed by atoms with E-state index in [0.717, 1.165) is 11.6 Å². The predicted molar refractivity (Wildman–Crippen MR) is 55.9 cm³/mol. The Morgan fingerprint density at radius 3 is 2.69 bits per heavy atom. The van der Waals surface area contributed by atoms with Crippen molar-refractivity contribution in [3.63, 3.8) is 0 Å². The number of nitrogens with zero attached hydrogens (tertiary/aromatic N) is 3. The molecule has 2 aromatic rings. The Hall–Kier alpha value is -1.49. The third-order valence-electron chi connectivity index (χ3n) is 2.06. The van der Waals surface area contributed by atoms with E-state index < -0.39 is 5.92 Å². The molecule has 2 rings (SSSR count). The molecule has 0 unspecified atom stereocenters. The van der Waals surface area contributed by atoms with Gasteiger partial charge in [-0.1, -0.05) is 11.6 Å². The van der Waals surface area contributed by atoms with Crippen molar-refractivity contribution in [3.05, 3.63) is 41.4 Å². The van der Waals surface area contributed by atoms with E-state index in [2.05, 4.69) is 10.1 Å². The molecule has 0 saturated carbocycles. The summed E-state index contributed by atoms with van der Waals surface area (Å²) < 4.78 is 27.6. The molecule has 0 atom stereocenters. The van der Waals surface area contributed by atoms with Gasteiger partial charge in [0.05, 0.1) is 0 Å². The predicted octanol–water partition coefficient (Wildman–Crippen LogP) is 3.03. The summed E-state index contributed by atoms with van der Waals surface area (Å²) in [6, 6.07) is 4.45. The fraction of sp³-hybridized carbons (Fsp3) is 0.200. The van der Waals surface area contributed by atoms with E-state index in [9.17, 15) is 8.78 Å². The van der Waals surface area contributed by atoms with E-state index in [1.807, 2.05) is 0 Å². The number of aromatic nitrogens is 3. The second-order valence-corrected chi connectivity index (χ2v) is 3.69. The lowest BCUT2D eigenvalue weighted by Gasteiger charge is -2.13. The molecule has 16 heavy (non-hydrogen) atoms. The second-order valence-electron chi connectivity index (χ2n) is 3.33. The summed E-state index contributed by atoms with van der Waals surface area (Å²) in [6.45, 7) is 0.810. The van der Waals surface area contributed by atoms with E-state index >= 15 is 0 Å². The Morgan fingerprint density at radius 1 is 1.31 bits per heavy atom. The van der Waals surface area contributed by atoms with Crippen LogP contribution in [0.4, 0.5) is 8.78 Å². The first-order chi connectivity index (χ1) is 7.50. The zero-order valence-electron chi connectivity index (χ0n) is 8.36. The van der Waals surface area contributed by atoms with Gasteiger partial charge in [-0.25, -0.2) is 9.67 Å². The van der Waals surface area contributed by atoms with Gasteiger partial charge in [0.25, 0.3) is 5.92 Å². The van der Waals surface area contributed by atoms with Crippen molar-refractivity contribution in [1.29, 1.82) is 0 Å². The molecule has 0 aliphatic heterocycles. The highest BCUT2D eigenvalue weighted by Crippen LogP contribution is 2.29. The highest BCUT2D eigenvalue weighted by molar-refractivity contribution is 6.31. The molecule has 0 aromatic carbocycles. The molecule has 0 aliphatic rings. The van der Waals surface area contributed by atoms with Crippen molar-refractivity contribution in [1.82, 2.24) is 14.8 Å². The van der Waals surface area contributed by atoms with Gasteiger partial charge in [-0.15, -0.1) is 0 Å². The number of halogens is 3. The molecule has 0 bridgehead atoms. The van der Waals surface area contributed by atoms with Crippen molar-refractivity contribution < 1.29 is 8.78 Å². The lowest BCUT2D eigenvalue weighted by molar-refractivity contribution is 0.0102. The first-order valence-corrected chi connectivity index (χ1v) is 4.91. The standard InChI is InChI=1S/C10H8ClF2N3/c1-10(12,13)8-4-6-15-16(8)7-3-2-5-14-9(7)11/h2-6H,1H3. The van der Waals surface area contributed by atoms with Crippen LogP contribution in [0.2, 0.25) is 5.15 Å². The van der Waals surface area contributed by atoms with E-state index in [4.69, 9.17) is 11.6 Å². The minimum absolute atomic E-state index is 0.136. The fourth-order valence-electron chi connectivity index (χ4n) is 1.36. The van der Waals surface area contributed by atoms with Crippen LogP contribution in [0.15, 0.2) is 30.6 Å². The SMILES string of the molecule is CC(F)(F)c1ccnn1-c1cccnc1Cl. The molecule has 0 spiro atoms. The summed E-state index contributed by atoms with van der Waals surface area (Å²) in [7, 11) is 0.